The first-order valence-electron chi connectivity index (χ1n) is 11.6. The van der Waals surface area contributed by atoms with E-state index in [4.69, 9.17) is 9.47 Å². The molecule has 0 saturated heterocycles. The van der Waals surface area contributed by atoms with E-state index in [-0.39, 0.29) is 5.91 Å². The van der Waals surface area contributed by atoms with Gasteiger partial charge in [-0.3, -0.25) is 4.79 Å². The summed E-state index contributed by atoms with van der Waals surface area (Å²) >= 11 is 3.41. The number of hydrazone groups is 1. The van der Waals surface area contributed by atoms with Crippen LogP contribution in [0.2, 0.25) is 0 Å². The van der Waals surface area contributed by atoms with E-state index in [0.717, 1.165) is 15.6 Å². The number of halogens is 1. The molecule has 4 rings (SSSR count). The number of nitrogens with one attached hydrogen (secondary N) is 1. The van der Waals surface area contributed by atoms with Gasteiger partial charge in [0, 0.05) is 15.6 Å². The molecule has 0 spiro atoms. The Morgan fingerprint density at radius 1 is 0.919 bits per heavy atom. The Bertz CT molecular complexity index is 1430. The molecule has 7 heteroatoms. The SMILES string of the molecule is Cc1ccc(COc2ccc(C(=O)NN=Cc3cc(Br)ccc3OC(=O)c3ccccc3C)cc2)cc1. The Labute approximate surface area is 224 Å². The molecule has 0 saturated carbocycles. The van der Waals surface area contributed by atoms with Gasteiger partial charge >= 0.3 is 5.97 Å². The first-order chi connectivity index (χ1) is 17.9. The molecule has 37 heavy (non-hydrogen) atoms. The molecule has 0 atom stereocenters. The number of hydrogen-bond donors (Lipinski definition) is 1. The lowest BCUT2D eigenvalue weighted by Crippen LogP contribution is -2.17. The first kappa shape index (κ1) is 25.9. The van der Waals surface area contributed by atoms with Gasteiger partial charge in [0.1, 0.15) is 18.1 Å². The van der Waals surface area contributed by atoms with Crippen LogP contribution < -0.4 is 14.9 Å². The van der Waals surface area contributed by atoms with Crippen molar-refractivity contribution < 1.29 is 19.1 Å². The molecule has 4 aromatic carbocycles. The summed E-state index contributed by atoms with van der Waals surface area (Å²) < 4.78 is 12.2. The van der Waals surface area contributed by atoms with Crippen LogP contribution in [-0.2, 0) is 6.61 Å². The van der Waals surface area contributed by atoms with E-state index < -0.39 is 5.97 Å². The molecule has 1 amide bonds. The molecular formula is C30H25BrN2O4. The summed E-state index contributed by atoms with van der Waals surface area (Å²) in [5, 5.41) is 4.05. The molecule has 4 aromatic rings. The van der Waals surface area contributed by atoms with E-state index in [1.54, 1.807) is 54.6 Å². The van der Waals surface area contributed by atoms with Gasteiger partial charge in [0.2, 0.25) is 0 Å². The van der Waals surface area contributed by atoms with Crippen molar-refractivity contribution in [3.63, 3.8) is 0 Å². The highest BCUT2D eigenvalue weighted by atomic mass is 79.9. The summed E-state index contributed by atoms with van der Waals surface area (Å²) in [6, 6.07) is 27.3. The Morgan fingerprint density at radius 2 is 1.65 bits per heavy atom. The summed E-state index contributed by atoms with van der Waals surface area (Å²) in [6.45, 7) is 4.33. The van der Waals surface area contributed by atoms with Gasteiger partial charge < -0.3 is 9.47 Å². The van der Waals surface area contributed by atoms with Gasteiger partial charge in [-0.15, -0.1) is 0 Å². The average molecular weight is 557 g/mol. The van der Waals surface area contributed by atoms with Crippen molar-refractivity contribution in [3.8, 4) is 11.5 Å². The predicted octanol–water partition coefficient (Wildman–Crippen LogP) is 6.63. The highest BCUT2D eigenvalue weighted by molar-refractivity contribution is 9.10. The van der Waals surface area contributed by atoms with Gasteiger partial charge in [0.15, 0.2) is 0 Å². The zero-order chi connectivity index (χ0) is 26.2. The lowest BCUT2D eigenvalue weighted by molar-refractivity contribution is 0.0733. The van der Waals surface area contributed by atoms with E-state index in [0.29, 0.717) is 34.8 Å². The van der Waals surface area contributed by atoms with Crippen molar-refractivity contribution in [2.45, 2.75) is 20.5 Å². The number of ether oxygens (including phenoxy) is 2. The number of benzene rings is 4. The zero-order valence-electron chi connectivity index (χ0n) is 20.4. The predicted molar refractivity (Wildman–Crippen MR) is 147 cm³/mol. The van der Waals surface area contributed by atoms with Gasteiger partial charge in [-0.1, -0.05) is 64.0 Å². The fourth-order valence-electron chi connectivity index (χ4n) is 3.45. The van der Waals surface area contributed by atoms with Gasteiger partial charge in [-0.2, -0.15) is 5.10 Å². The number of amides is 1. The molecular weight excluding hydrogens is 532 g/mol. The Balaban J connectivity index is 1.37. The lowest BCUT2D eigenvalue weighted by atomic mass is 10.1. The minimum absolute atomic E-state index is 0.324. The van der Waals surface area contributed by atoms with Crippen molar-refractivity contribution in [3.05, 3.63) is 129 Å². The van der Waals surface area contributed by atoms with Crippen LogP contribution in [0.5, 0.6) is 11.5 Å². The fourth-order valence-corrected chi connectivity index (χ4v) is 3.83. The summed E-state index contributed by atoms with van der Waals surface area (Å²) in [5.41, 5.74) is 7.02. The summed E-state index contributed by atoms with van der Waals surface area (Å²) in [6.07, 6.45) is 1.43. The monoisotopic (exact) mass is 556 g/mol. The number of nitrogens with zero attached hydrogens (tertiary/aromatic N) is 1. The molecule has 186 valence electrons. The minimum Gasteiger partial charge on any atom is -0.489 e. The molecule has 0 aromatic heterocycles. The Morgan fingerprint density at radius 3 is 2.38 bits per heavy atom. The van der Waals surface area contributed by atoms with Crippen LogP contribution >= 0.6 is 15.9 Å². The molecule has 0 aliphatic carbocycles. The van der Waals surface area contributed by atoms with Crippen LogP contribution in [0.1, 0.15) is 43.0 Å². The summed E-state index contributed by atoms with van der Waals surface area (Å²) in [4.78, 5) is 25.2. The number of carbonyl (C=O) groups excluding carboxylic acids is 2. The highest BCUT2D eigenvalue weighted by Gasteiger charge is 2.13. The minimum atomic E-state index is -0.469. The third-order valence-corrected chi connectivity index (χ3v) is 6.05. The summed E-state index contributed by atoms with van der Waals surface area (Å²) in [7, 11) is 0. The topological polar surface area (TPSA) is 77.0 Å². The van der Waals surface area contributed by atoms with Crippen molar-refractivity contribution in [1.29, 1.82) is 0 Å². The molecule has 0 aliphatic rings. The van der Waals surface area contributed by atoms with E-state index in [2.05, 4.69) is 26.5 Å². The number of esters is 1. The normalized spacial score (nSPS) is 10.8. The zero-order valence-corrected chi connectivity index (χ0v) is 22.0. The molecule has 0 radical (unpaired) electrons. The quantitative estimate of drug-likeness (QED) is 0.114. The third kappa shape index (κ3) is 7.15. The lowest BCUT2D eigenvalue weighted by Gasteiger charge is -2.09. The Hall–Kier alpha value is -4.23. The van der Waals surface area contributed by atoms with Gasteiger partial charge in [-0.25, -0.2) is 10.2 Å². The first-order valence-corrected chi connectivity index (χ1v) is 12.4. The van der Waals surface area contributed by atoms with Crippen LogP contribution in [-0.4, -0.2) is 18.1 Å². The maximum absolute atomic E-state index is 12.6. The maximum Gasteiger partial charge on any atom is 0.343 e. The molecule has 0 unspecified atom stereocenters. The number of hydrogen-bond acceptors (Lipinski definition) is 5. The van der Waals surface area contributed by atoms with Crippen LogP contribution in [0.3, 0.4) is 0 Å². The van der Waals surface area contributed by atoms with E-state index in [1.165, 1.54) is 11.8 Å². The van der Waals surface area contributed by atoms with Crippen molar-refractivity contribution in [1.82, 2.24) is 5.43 Å². The molecule has 6 nitrogen and oxygen atoms in total. The van der Waals surface area contributed by atoms with Gasteiger partial charge in [0.25, 0.3) is 5.91 Å². The Kier molecular flexibility index (Phi) is 8.48. The number of rotatable bonds is 8. The molecule has 1 N–H and O–H groups in total. The third-order valence-electron chi connectivity index (χ3n) is 5.55. The maximum atomic E-state index is 12.6. The molecule has 0 bridgehead atoms. The van der Waals surface area contributed by atoms with Crippen molar-refractivity contribution in [2.75, 3.05) is 0 Å². The van der Waals surface area contributed by atoms with Crippen molar-refractivity contribution >= 4 is 34.0 Å². The molecule has 0 fully saturated rings. The second-order valence-electron chi connectivity index (χ2n) is 8.38. The average Bonchev–Trinajstić information content (AvgIpc) is 2.90. The van der Waals surface area contributed by atoms with E-state index in [1.807, 2.05) is 50.2 Å². The smallest absolute Gasteiger partial charge is 0.343 e. The highest BCUT2D eigenvalue weighted by Crippen LogP contribution is 2.23. The second-order valence-corrected chi connectivity index (χ2v) is 9.30. The standard InChI is InChI=1S/C30H25BrN2O4/c1-20-7-9-22(10-8-20)19-36-26-14-11-23(12-15-26)29(34)33-32-18-24-17-25(31)13-16-28(24)37-30(35)27-6-4-3-5-21(27)2/h3-18H,19H2,1-2H3,(H,33,34). The van der Waals surface area contributed by atoms with Crippen LogP contribution in [0.15, 0.2) is 101 Å². The molecule has 0 heterocycles. The van der Waals surface area contributed by atoms with Gasteiger partial charge in [0.05, 0.1) is 11.8 Å². The van der Waals surface area contributed by atoms with Gasteiger partial charge in [-0.05, 0) is 73.5 Å². The molecule has 0 aliphatic heterocycles. The van der Waals surface area contributed by atoms with Crippen LogP contribution in [0.4, 0.5) is 0 Å². The number of carbonyl (C=O) groups is 2. The largest absolute Gasteiger partial charge is 0.489 e. The number of aryl methyl sites for hydroxylation is 2. The van der Waals surface area contributed by atoms with Crippen LogP contribution in [0, 0.1) is 13.8 Å². The summed E-state index contributed by atoms with van der Waals surface area (Å²) in [5.74, 6) is 0.137. The fraction of sp³-hybridized carbons (Fsp3) is 0.100. The second kappa shape index (κ2) is 12.1. The van der Waals surface area contributed by atoms with E-state index in [9.17, 15) is 9.59 Å². The van der Waals surface area contributed by atoms with E-state index >= 15 is 0 Å². The van der Waals surface area contributed by atoms with Crippen molar-refractivity contribution in [2.24, 2.45) is 5.10 Å². The van der Waals surface area contributed by atoms with Crippen LogP contribution in [0.25, 0.3) is 0 Å².